The van der Waals surface area contributed by atoms with Crippen molar-refractivity contribution in [3.05, 3.63) is 109 Å². The fourth-order valence-electron chi connectivity index (χ4n) is 4.92. The maximum absolute atomic E-state index is 13.2. The van der Waals surface area contributed by atoms with Crippen molar-refractivity contribution in [1.29, 1.82) is 0 Å². The molecular weight excluding hydrogens is 514 g/mol. The van der Waals surface area contributed by atoms with Gasteiger partial charge >= 0.3 is 5.97 Å². The third kappa shape index (κ3) is 4.44. The fourth-order valence-corrected chi connectivity index (χ4v) is 6.27. The van der Waals surface area contributed by atoms with Gasteiger partial charge in [-0.1, -0.05) is 23.8 Å². The molecule has 0 radical (unpaired) electrons. The van der Waals surface area contributed by atoms with E-state index < -0.39 is 16.0 Å². The van der Waals surface area contributed by atoms with Crippen molar-refractivity contribution in [3.8, 4) is 11.4 Å². The van der Waals surface area contributed by atoms with E-state index in [1.807, 2.05) is 54.2 Å². The molecule has 6 rings (SSSR count). The van der Waals surface area contributed by atoms with Gasteiger partial charge in [0.25, 0.3) is 10.0 Å². The second-order valence-corrected chi connectivity index (χ2v) is 11.4. The molecule has 1 aliphatic heterocycles. The normalized spacial score (nSPS) is 13.8. The molecule has 1 aliphatic rings. The number of carbonyl (C=O) groups is 1. The van der Waals surface area contributed by atoms with E-state index in [4.69, 9.17) is 9.47 Å². The Kier molecular flexibility index (Phi) is 6.15. The van der Waals surface area contributed by atoms with Gasteiger partial charge in [0.05, 0.1) is 47.5 Å². The van der Waals surface area contributed by atoms with Gasteiger partial charge < -0.3 is 18.9 Å². The molecule has 0 atom stereocenters. The predicted molar refractivity (Wildman–Crippen MR) is 149 cm³/mol. The standard InChI is InChI=1S/C30H27N3O5S/c1-21-8-11-25(12-9-21)39(35,36)33-17-14-22-18-23(10-13-27(22)33)38-24-19-32(20-24)28-7-5-6-26(30(34)37-2)29(28)31-15-3-4-16-31/h3-18,24H,19-20H2,1-2H3. The average molecular weight is 542 g/mol. The van der Waals surface area contributed by atoms with E-state index >= 15 is 0 Å². The topological polar surface area (TPSA) is 82.8 Å². The van der Waals surface area contributed by atoms with Crippen LogP contribution in [0.3, 0.4) is 0 Å². The van der Waals surface area contributed by atoms with Crippen LogP contribution in [0, 0.1) is 6.92 Å². The molecule has 0 spiro atoms. The number of methoxy groups -OCH3 is 1. The van der Waals surface area contributed by atoms with Crippen molar-refractivity contribution in [2.45, 2.75) is 17.9 Å². The summed E-state index contributed by atoms with van der Waals surface area (Å²) in [6, 6.07) is 23.5. The molecule has 0 saturated carbocycles. The van der Waals surface area contributed by atoms with Gasteiger partial charge in [0.2, 0.25) is 0 Å². The Balaban J connectivity index is 1.20. The molecule has 0 unspecified atom stereocenters. The van der Waals surface area contributed by atoms with Crippen LogP contribution in [0.5, 0.6) is 5.75 Å². The molecule has 0 bridgehead atoms. The maximum Gasteiger partial charge on any atom is 0.340 e. The summed E-state index contributed by atoms with van der Waals surface area (Å²) in [7, 11) is -2.33. The summed E-state index contributed by atoms with van der Waals surface area (Å²) in [6.45, 7) is 3.20. The highest BCUT2D eigenvalue weighted by atomic mass is 32.2. The fraction of sp³-hybridized carbons (Fsp3) is 0.167. The first-order valence-electron chi connectivity index (χ1n) is 12.5. The van der Waals surface area contributed by atoms with Gasteiger partial charge in [0, 0.05) is 24.0 Å². The Morgan fingerprint density at radius 1 is 0.897 bits per heavy atom. The molecule has 0 N–H and O–H groups in total. The number of rotatable bonds is 7. The number of hydrogen-bond donors (Lipinski definition) is 0. The van der Waals surface area contributed by atoms with Crippen molar-refractivity contribution >= 4 is 32.6 Å². The Hall–Kier alpha value is -4.50. The van der Waals surface area contributed by atoms with Crippen molar-refractivity contribution in [2.24, 2.45) is 0 Å². The molecule has 0 amide bonds. The smallest absolute Gasteiger partial charge is 0.340 e. The zero-order valence-electron chi connectivity index (χ0n) is 21.5. The van der Waals surface area contributed by atoms with Gasteiger partial charge in [-0.25, -0.2) is 17.2 Å². The molecule has 5 aromatic rings. The summed E-state index contributed by atoms with van der Waals surface area (Å²) < 4.78 is 40.9. The molecular formula is C30H27N3O5S. The minimum absolute atomic E-state index is 0.0554. The highest BCUT2D eigenvalue weighted by molar-refractivity contribution is 7.90. The first-order chi connectivity index (χ1) is 18.8. The lowest BCUT2D eigenvalue weighted by Gasteiger charge is -2.41. The minimum Gasteiger partial charge on any atom is -0.487 e. The Labute approximate surface area is 226 Å². The number of benzene rings is 3. The van der Waals surface area contributed by atoms with Crippen LogP contribution < -0.4 is 9.64 Å². The van der Waals surface area contributed by atoms with Crippen LogP contribution in [0.1, 0.15) is 15.9 Å². The van der Waals surface area contributed by atoms with Crippen molar-refractivity contribution in [3.63, 3.8) is 0 Å². The first kappa shape index (κ1) is 24.8. The third-order valence-corrected chi connectivity index (χ3v) is 8.68. The van der Waals surface area contributed by atoms with Crippen LogP contribution in [0.4, 0.5) is 5.69 Å². The number of ether oxygens (including phenoxy) is 2. The van der Waals surface area contributed by atoms with E-state index in [1.165, 1.54) is 11.1 Å². The van der Waals surface area contributed by atoms with E-state index in [0.717, 1.165) is 22.3 Å². The maximum atomic E-state index is 13.2. The lowest BCUT2D eigenvalue weighted by atomic mass is 10.1. The van der Waals surface area contributed by atoms with E-state index in [0.29, 0.717) is 29.9 Å². The number of para-hydroxylation sites is 1. The summed E-state index contributed by atoms with van der Waals surface area (Å²) >= 11 is 0. The minimum atomic E-state index is -3.71. The van der Waals surface area contributed by atoms with Crippen molar-refractivity contribution < 1.29 is 22.7 Å². The van der Waals surface area contributed by atoms with Crippen molar-refractivity contribution in [2.75, 3.05) is 25.1 Å². The van der Waals surface area contributed by atoms with Crippen molar-refractivity contribution in [1.82, 2.24) is 8.54 Å². The molecule has 1 saturated heterocycles. The van der Waals surface area contributed by atoms with Gasteiger partial charge in [0.1, 0.15) is 11.9 Å². The Morgan fingerprint density at radius 2 is 1.64 bits per heavy atom. The largest absolute Gasteiger partial charge is 0.487 e. The number of aromatic nitrogens is 2. The number of hydrogen-bond acceptors (Lipinski definition) is 6. The molecule has 3 heterocycles. The highest BCUT2D eigenvalue weighted by Crippen LogP contribution is 2.34. The summed E-state index contributed by atoms with van der Waals surface area (Å²) in [5, 5.41) is 0.778. The van der Waals surface area contributed by atoms with Gasteiger partial charge in [-0.2, -0.15) is 0 Å². The molecule has 0 aliphatic carbocycles. The van der Waals surface area contributed by atoms with Gasteiger partial charge in [-0.15, -0.1) is 0 Å². The number of fused-ring (bicyclic) bond motifs is 1. The molecule has 1 fully saturated rings. The highest BCUT2D eigenvalue weighted by Gasteiger charge is 2.32. The Morgan fingerprint density at radius 3 is 2.36 bits per heavy atom. The Bertz CT molecular complexity index is 1770. The van der Waals surface area contributed by atoms with Crippen LogP contribution in [0.15, 0.2) is 102 Å². The van der Waals surface area contributed by atoms with E-state index in [9.17, 15) is 13.2 Å². The first-order valence-corrected chi connectivity index (χ1v) is 14.0. The third-order valence-electron chi connectivity index (χ3n) is 6.98. The average Bonchev–Trinajstić information content (AvgIpc) is 3.60. The van der Waals surface area contributed by atoms with E-state index in [-0.39, 0.29) is 11.0 Å². The van der Waals surface area contributed by atoms with Gasteiger partial charge in [0.15, 0.2) is 0 Å². The molecule has 9 heteroatoms. The summed E-state index contributed by atoms with van der Waals surface area (Å²) in [5.74, 6) is 0.282. The molecule has 8 nitrogen and oxygen atoms in total. The molecule has 2 aromatic heterocycles. The zero-order chi connectivity index (χ0) is 27.1. The SMILES string of the molecule is COC(=O)c1cccc(N2CC(Oc3ccc4c(ccn4S(=O)(=O)c4ccc(C)cc4)c3)C2)c1-n1cccc1. The van der Waals surface area contributed by atoms with Crippen LogP contribution in [-0.4, -0.2) is 49.2 Å². The molecule has 198 valence electrons. The number of anilines is 1. The van der Waals surface area contributed by atoms with Crippen LogP contribution in [0.25, 0.3) is 16.6 Å². The number of nitrogens with zero attached hydrogens (tertiary/aromatic N) is 3. The van der Waals surface area contributed by atoms with Gasteiger partial charge in [-0.05, 0) is 67.6 Å². The van der Waals surface area contributed by atoms with E-state index in [2.05, 4.69) is 4.90 Å². The number of esters is 1. The number of carbonyl (C=O) groups excluding carboxylic acids is 1. The summed E-state index contributed by atoms with van der Waals surface area (Å²) in [4.78, 5) is 14.9. The lowest BCUT2D eigenvalue weighted by Crippen LogP contribution is -2.54. The van der Waals surface area contributed by atoms with Crippen LogP contribution >= 0.6 is 0 Å². The lowest BCUT2D eigenvalue weighted by molar-refractivity contribution is 0.0600. The second-order valence-electron chi connectivity index (χ2n) is 9.55. The van der Waals surface area contributed by atoms with Crippen LogP contribution in [0.2, 0.25) is 0 Å². The monoisotopic (exact) mass is 541 g/mol. The van der Waals surface area contributed by atoms with Crippen LogP contribution in [-0.2, 0) is 14.8 Å². The second kappa shape index (κ2) is 9.67. The van der Waals surface area contributed by atoms with E-state index in [1.54, 1.807) is 54.7 Å². The predicted octanol–water partition coefficient (Wildman–Crippen LogP) is 5.03. The summed E-state index contributed by atoms with van der Waals surface area (Å²) in [6.07, 6.45) is 5.32. The van der Waals surface area contributed by atoms with Gasteiger partial charge in [-0.3, -0.25) is 0 Å². The molecule has 3 aromatic carbocycles. The molecule has 39 heavy (non-hydrogen) atoms. The quantitative estimate of drug-likeness (QED) is 0.269. The summed E-state index contributed by atoms with van der Waals surface area (Å²) in [5.41, 5.74) is 3.77. The zero-order valence-corrected chi connectivity index (χ0v) is 22.3. The number of aryl methyl sites for hydroxylation is 1.